The zero-order valence-corrected chi connectivity index (χ0v) is 16.0. The highest BCUT2D eigenvalue weighted by Gasteiger charge is 2.19. The first-order chi connectivity index (χ1) is 13.3. The highest BCUT2D eigenvalue weighted by Crippen LogP contribution is 2.42. The summed E-state index contributed by atoms with van der Waals surface area (Å²) >= 11 is 3.87. The highest BCUT2D eigenvalue weighted by molar-refractivity contribution is 9.10. The maximum Gasteiger partial charge on any atom is 0.0794 e. The van der Waals surface area contributed by atoms with E-state index in [2.05, 4.69) is 110 Å². The van der Waals surface area contributed by atoms with Crippen LogP contribution in [0, 0.1) is 0 Å². The fourth-order valence-electron chi connectivity index (χ4n) is 4.26. The molecule has 0 unspecified atom stereocenters. The smallest absolute Gasteiger partial charge is 0.0794 e. The standard InChI is InChI=1S/C24H15BrN2/c25-19-14-18-16-10-4-6-12-20(16)26-23(18)24-22(19)17-11-5-7-13-21(17)27(24)15-8-2-1-3-9-15/h1-14,26H. The molecule has 1 N–H and O–H groups in total. The monoisotopic (exact) mass is 410 g/mol. The zero-order valence-electron chi connectivity index (χ0n) is 14.4. The summed E-state index contributed by atoms with van der Waals surface area (Å²) in [6.07, 6.45) is 0. The van der Waals surface area contributed by atoms with Crippen LogP contribution in [0.1, 0.15) is 0 Å². The van der Waals surface area contributed by atoms with Gasteiger partial charge in [-0.3, -0.25) is 0 Å². The number of para-hydroxylation sites is 3. The SMILES string of the molecule is Brc1cc2c3ccccc3[nH]c2c2c1c1ccccc1n2-c1ccccc1. The molecule has 0 amide bonds. The first-order valence-corrected chi connectivity index (χ1v) is 9.80. The molecule has 6 aromatic rings. The number of fused-ring (bicyclic) bond motifs is 7. The lowest BCUT2D eigenvalue weighted by atomic mass is 10.1. The van der Waals surface area contributed by atoms with E-state index < -0.39 is 0 Å². The van der Waals surface area contributed by atoms with Crippen LogP contribution in [0.4, 0.5) is 0 Å². The predicted octanol–water partition coefficient (Wildman–Crippen LogP) is 7.18. The Hall–Kier alpha value is -3.04. The van der Waals surface area contributed by atoms with E-state index in [9.17, 15) is 0 Å². The number of benzene rings is 4. The van der Waals surface area contributed by atoms with Crippen molar-refractivity contribution in [3.05, 3.63) is 89.4 Å². The topological polar surface area (TPSA) is 20.7 Å². The normalized spacial score (nSPS) is 11.9. The zero-order chi connectivity index (χ0) is 18.0. The van der Waals surface area contributed by atoms with Crippen LogP contribution in [0.25, 0.3) is 49.3 Å². The van der Waals surface area contributed by atoms with Gasteiger partial charge in [-0.25, -0.2) is 0 Å². The number of halogens is 1. The number of rotatable bonds is 1. The van der Waals surface area contributed by atoms with Gasteiger partial charge >= 0.3 is 0 Å². The van der Waals surface area contributed by atoms with Gasteiger partial charge in [0, 0.05) is 37.2 Å². The second-order valence-corrected chi connectivity index (χ2v) is 7.72. The molecule has 2 aromatic heterocycles. The van der Waals surface area contributed by atoms with Crippen molar-refractivity contribution in [1.82, 2.24) is 9.55 Å². The minimum atomic E-state index is 1.13. The summed E-state index contributed by atoms with van der Waals surface area (Å²) in [4.78, 5) is 3.68. The summed E-state index contributed by atoms with van der Waals surface area (Å²) in [6.45, 7) is 0. The second kappa shape index (κ2) is 5.48. The summed E-state index contributed by atoms with van der Waals surface area (Å²) in [5, 5.41) is 4.99. The summed E-state index contributed by atoms with van der Waals surface area (Å²) < 4.78 is 3.49. The first kappa shape index (κ1) is 15.1. The molecule has 0 radical (unpaired) electrons. The summed E-state index contributed by atoms with van der Waals surface area (Å²) in [5.41, 5.74) is 5.93. The average molecular weight is 411 g/mol. The van der Waals surface area contributed by atoms with Gasteiger partial charge in [-0.1, -0.05) is 70.5 Å². The molecule has 0 bridgehead atoms. The van der Waals surface area contributed by atoms with Gasteiger partial charge in [-0.2, -0.15) is 0 Å². The Kier molecular flexibility index (Phi) is 3.06. The van der Waals surface area contributed by atoms with Crippen molar-refractivity contribution >= 4 is 59.5 Å². The molecule has 128 valence electrons. The summed E-state index contributed by atoms with van der Waals surface area (Å²) in [5.74, 6) is 0. The Morgan fingerprint density at radius 1 is 0.704 bits per heavy atom. The van der Waals surface area contributed by atoms with Crippen LogP contribution in [0.3, 0.4) is 0 Å². The van der Waals surface area contributed by atoms with E-state index in [0.29, 0.717) is 0 Å². The lowest BCUT2D eigenvalue weighted by molar-refractivity contribution is 1.18. The maximum atomic E-state index is 3.87. The first-order valence-electron chi connectivity index (χ1n) is 9.00. The van der Waals surface area contributed by atoms with Gasteiger partial charge in [0.2, 0.25) is 0 Å². The van der Waals surface area contributed by atoms with Gasteiger partial charge in [0.15, 0.2) is 0 Å². The van der Waals surface area contributed by atoms with Gasteiger partial charge < -0.3 is 9.55 Å². The fraction of sp³-hybridized carbons (Fsp3) is 0. The van der Waals surface area contributed by atoms with Crippen LogP contribution < -0.4 is 0 Å². The van der Waals surface area contributed by atoms with Crippen molar-refractivity contribution in [2.75, 3.05) is 0 Å². The molecular weight excluding hydrogens is 396 g/mol. The van der Waals surface area contributed by atoms with Crippen molar-refractivity contribution in [3.63, 3.8) is 0 Å². The molecule has 0 saturated heterocycles. The van der Waals surface area contributed by atoms with Crippen molar-refractivity contribution < 1.29 is 0 Å². The van der Waals surface area contributed by atoms with E-state index >= 15 is 0 Å². The van der Waals surface area contributed by atoms with E-state index in [1.807, 2.05) is 0 Å². The van der Waals surface area contributed by atoms with Gasteiger partial charge in [0.25, 0.3) is 0 Å². The van der Waals surface area contributed by atoms with E-state index in [-0.39, 0.29) is 0 Å². The Bertz CT molecular complexity index is 1470. The summed E-state index contributed by atoms with van der Waals surface area (Å²) in [6, 6.07) is 30.0. The van der Waals surface area contributed by atoms with Crippen LogP contribution >= 0.6 is 15.9 Å². The molecule has 4 aromatic carbocycles. The molecule has 2 nitrogen and oxygen atoms in total. The number of hydrogen-bond donors (Lipinski definition) is 1. The quantitative estimate of drug-likeness (QED) is 0.296. The molecule has 0 aliphatic rings. The molecule has 27 heavy (non-hydrogen) atoms. The van der Waals surface area contributed by atoms with Crippen molar-refractivity contribution in [2.24, 2.45) is 0 Å². The van der Waals surface area contributed by atoms with Crippen LogP contribution in [-0.4, -0.2) is 9.55 Å². The number of nitrogens with one attached hydrogen (secondary N) is 1. The van der Waals surface area contributed by atoms with Gasteiger partial charge in [-0.05, 0) is 30.3 Å². The van der Waals surface area contributed by atoms with Crippen LogP contribution in [0.2, 0.25) is 0 Å². The minimum absolute atomic E-state index is 1.13. The molecule has 6 rings (SSSR count). The van der Waals surface area contributed by atoms with Crippen molar-refractivity contribution in [2.45, 2.75) is 0 Å². The molecule has 0 saturated carbocycles. The average Bonchev–Trinajstić information content (AvgIpc) is 3.25. The maximum absolute atomic E-state index is 3.87. The third-order valence-electron chi connectivity index (χ3n) is 5.38. The molecule has 0 aliphatic heterocycles. The van der Waals surface area contributed by atoms with Gasteiger partial charge in [0.05, 0.1) is 16.6 Å². The molecule has 0 aliphatic carbocycles. The van der Waals surface area contributed by atoms with Crippen molar-refractivity contribution in [3.8, 4) is 5.69 Å². The predicted molar refractivity (Wildman–Crippen MR) is 118 cm³/mol. The number of H-pyrrole nitrogens is 1. The van der Waals surface area contributed by atoms with Crippen molar-refractivity contribution in [1.29, 1.82) is 0 Å². The highest BCUT2D eigenvalue weighted by atomic mass is 79.9. The van der Waals surface area contributed by atoms with Crippen LogP contribution in [0.15, 0.2) is 89.4 Å². The molecule has 3 heteroatoms. The largest absolute Gasteiger partial charge is 0.353 e. The van der Waals surface area contributed by atoms with Crippen LogP contribution in [0.5, 0.6) is 0 Å². The number of nitrogens with zero attached hydrogens (tertiary/aromatic N) is 1. The number of hydrogen-bond acceptors (Lipinski definition) is 0. The third-order valence-corrected chi connectivity index (χ3v) is 6.01. The number of aromatic nitrogens is 2. The van der Waals surface area contributed by atoms with Gasteiger partial charge in [-0.15, -0.1) is 0 Å². The fourth-order valence-corrected chi connectivity index (χ4v) is 4.89. The Labute approximate surface area is 164 Å². The molecule has 0 fully saturated rings. The van der Waals surface area contributed by atoms with E-state index in [4.69, 9.17) is 0 Å². The Morgan fingerprint density at radius 3 is 2.26 bits per heavy atom. The summed E-state index contributed by atoms with van der Waals surface area (Å²) in [7, 11) is 0. The van der Waals surface area contributed by atoms with Crippen LogP contribution in [-0.2, 0) is 0 Å². The molecule has 0 spiro atoms. The number of aromatic amines is 1. The minimum Gasteiger partial charge on any atom is -0.353 e. The Balaban J connectivity index is 1.96. The lowest BCUT2D eigenvalue weighted by Gasteiger charge is -2.08. The molecular formula is C24H15BrN2. The van der Waals surface area contributed by atoms with Gasteiger partial charge in [0.1, 0.15) is 0 Å². The second-order valence-electron chi connectivity index (χ2n) is 6.86. The van der Waals surface area contributed by atoms with E-state index in [1.165, 1.54) is 43.8 Å². The van der Waals surface area contributed by atoms with E-state index in [0.717, 1.165) is 9.99 Å². The molecule has 2 heterocycles. The molecule has 0 atom stereocenters. The lowest BCUT2D eigenvalue weighted by Crippen LogP contribution is -1.93. The third kappa shape index (κ3) is 2.00. The van der Waals surface area contributed by atoms with E-state index in [1.54, 1.807) is 0 Å². The Morgan fingerprint density at radius 2 is 1.41 bits per heavy atom.